The van der Waals surface area contributed by atoms with Gasteiger partial charge in [0.25, 0.3) is 5.91 Å². The quantitative estimate of drug-likeness (QED) is 0.416. The van der Waals surface area contributed by atoms with E-state index in [0.717, 1.165) is 6.42 Å². The molecule has 0 saturated carbocycles. The molecule has 0 unspecified atom stereocenters. The molecule has 0 spiro atoms. The average molecular weight is 208 g/mol. The Bertz CT molecular complexity index is 365. The normalized spacial score (nSPS) is 14.6. The molecular weight excluding hydrogens is 196 g/mol. The largest absolute Gasteiger partial charge is 0.290 e. The molecule has 1 aromatic rings. The standard InChI is InChI=1S/C10H12N2OS/c11-12-10(13)8-3-4-9-7(6-8)2-1-5-14-9/h3-4,6H,1-2,5,11H2,(H,12,13). The first kappa shape index (κ1) is 9.55. The fourth-order valence-corrected chi connectivity index (χ4v) is 2.60. The predicted molar refractivity (Wildman–Crippen MR) is 57.1 cm³/mol. The first-order chi connectivity index (χ1) is 6.81. The van der Waals surface area contributed by atoms with E-state index in [9.17, 15) is 4.79 Å². The minimum atomic E-state index is -0.219. The Hall–Kier alpha value is -1.00. The summed E-state index contributed by atoms with van der Waals surface area (Å²) < 4.78 is 0. The van der Waals surface area contributed by atoms with Gasteiger partial charge < -0.3 is 0 Å². The van der Waals surface area contributed by atoms with Crippen LogP contribution in [0.4, 0.5) is 0 Å². The molecule has 0 fully saturated rings. The van der Waals surface area contributed by atoms with Gasteiger partial charge in [0.15, 0.2) is 0 Å². The highest BCUT2D eigenvalue weighted by atomic mass is 32.2. The average Bonchev–Trinajstić information content (AvgIpc) is 2.27. The maximum Gasteiger partial charge on any atom is 0.265 e. The molecule has 3 N–H and O–H groups in total. The summed E-state index contributed by atoms with van der Waals surface area (Å²) in [6.45, 7) is 0. The van der Waals surface area contributed by atoms with Gasteiger partial charge in [-0.3, -0.25) is 10.2 Å². The van der Waals surface area contributed by atoms with Gasteiger partial charge in [-0.25, -0.2) is 5.84 Å². The molecule has 0 radical (unpaired) electrons. The summed E-state index contributed by atoms with van der Waals surface area (Å²) >= 11 is 1.85. The van der Waals surface area contributed by atoms with Crippen molar-refractivity contribution in [2.45, 2.75) is 17.7 Å². The molecule has 0 saturated heterocycles. The monoisotopic (exact) mass is 208 g/mol. The van der Waals surface area contributed by atoms with E-state index in [1.165, 1.54) is 22.6 Å². The highest BCUT2D eigenvalue weighted by Gasteiger charge is 2.12. The number of hydrogen-bond donors (Lipinski definition) is 2. The summed E-state index contributed by atoms with van der Waals surface area (Å²) in [6.07, 6.45) is 2.25. The number of aryl methyl sites for hydroxylation is 1. The summed E-state index contributed by atoms with van der Waals surface area (Å²) in [5, 5.41) is 0. The summed E-state index contributed by atoms with van der Waals surface area (Å²) in [5.41, 5.74) is 4.06. The van der Waals surface area contributed by atoms with Crippen LogP contribution in [-0.4, -0.2) is 11.7 Å². The number of fused-ring (bicyclic) bond motifs is 1. The molecule has 1 aliphatic rings. The van der Waals surface area contributed by atoms with Gasteiger partial charge in [0, 0.05) is 10.5 Å². The number of thioether (sulfide) groups is 1. The van der Waals surface area contributed by atoms with Gasteiger partial charge in [-0.05, 0) is 42.4 Å². The number of carbonyl (C=O) groups is 1. The fourth-order valence-electron chi connectivity index (χ4n) is 1.58. The summed E-state index contributed by atoms with van der Waals surface area (Å²) in [6, 6.07) is 5.76. The molecule has 1 heterocycles. The SMILES string of the molecule is NNC(=O)c1ccc2c(c1)CCCS2. The van der Waals surface area contributed by atoms with Crippen molar-refractivity contribution in [1.82, 2.24) is 5.43 Å². The van der Waals surface area contributed by atoms with Gasteiger partial charge >= 0.3 is 0 Å². The van der Waals surface area contributed by atoms with Crippen LogP contribution in [0.15, 0.2) is 23.1 Å². The maximum absolute atomic E-state index is 11.3. The topological polar surface area (TPSA) is 55.1 Å². The lowest BCUT2D eigenvalue weighted by Gasteiger charge is -2.15. The summed E-state index contributed by atoms with van der Waals surface area (Å²) in [5.74, 6) is 6.03. The van der Waals surface area contributed by atoms with Crippen molar-refractivity contribution in [1.29, 1.82) is 0 Å². The Morgan fingerprint density at radius 1 is 1.50 bits per heavy atom. The lowest BCUT2D eigenvalue weighted by molar-refractivity contribution is 0.0953. The zero-order chi connectivity index (χ0) is 9.97. The fraction of sp³-hybridized carbons (Fsp3) is 0.300. The van der Waals surface area contributed by atoms with Gasteiger partial charge in [0.1, 0.15) is 0 Å². The van der Waals surface area contributed by atoms with Crippen molar-refractivity contribution in [2.75, 3.05) is 5.75 Å². The number of carbonyl (C=O) groups excluding carboxylic acids is 1. The third-order valence-corrected chi connectivity index (χ3v) is 3.50. The van der Waals surface area contributed by atoms with Crippen LogP contribution in [0.3, 0.4) is 0 Å². The summed E-state index contributed by atoms with van der Waals surface area (Å²) in [7, 11) is 0. The van der Waals surface area contributed by atoms with Crippen LogP contribution in [0.2, 0.25) is 0 Å². The number of hydrogen-bond acceptors (Lipinski definition) is 3. The third-order valence-electron chi connectivity index (χ3n) is 2.30. The molecule has 1 aromatic carbocycles. The van der Waals surface area contributed by atoms with Crippen molar-refractivity contribution >= 4 is 17.7 Å². The highest BCUT2D eigenvalue weighted by Crippen LogP contribution is 2.30. The molecule has 74 valence electrons. The van der Waals surface area contributed by atoms with E-state index >= 15 is 0 Å². The first-order valence-corrected chi connectivity index (χ1v) is 5.56. The van der Waals surface area contributed by atoms with Crippen LogP contribution >= 0.6 is 11.8 Å². The van der Waals surface area contributed by atoms with Crippen molar-refractivity contribution in [2.24, 2.45) is 5.84 Å². The van der Waals surface area contributed by atoms with Crippen LogP contribution in [0, 0.1) is 0 Å². The van der Waals surface area contributed by atoms with E-state index in [1.54, 1.807) is 0 Å². The first-order valence-electron chi connectivity index (χ1n) is 4.58. The summed E-state index contributed by atoms with van der Waals surface area (Å²) in [4.78, 5) is 12.6. The molecule has 1 amide bonds. The van der Waals surface area contributed by atoms with E-state index in [0.29, 0.717) is 5.56 Å². The van der Waals surface area contributed by atoms with Crippen molar-refractivity contribution in [3.8, 4) is 0 Å². The molecule has 0 atom stereocenters. The van der Waals surface area contributed by atoms with Crippen molar-refractivity contribution in [3.05, 3.63) is 29.3 Å². The predicted octanol–water partition coefficient (Wildman–Crippen LogP) is 1.33. The number of rotatable bonds is 1. The number of hydrazine groups is 1. The minimum absolute atomic E-state index is 0.219. The number of nitrogen functional groups attached to an aromatic ring is 1. The highest BCUT2D eigenvalue weighted by molar-refractivity contribution is 7.99. The second kappa shape index (κ2) is 4.02. The Balaban J connectivity index is 2.33. The third kappa shape index (κ3) is 1.76. The minimum Gasteiger partial charge on any atom is -0.290 e. The van der Waals surface area contributed by atoms with Crippen molar-refractivity contribution in [3.63, 3.8) is 0 Å². The molecule has 1 aliphatic heterocycles. The van der Waals surface area contributed by atoms with E-state index in [1.807, 2.05) is 30.0 Å². The molecule has 4 heteroatoms. The Morgan fingerprint density at radius 3 is 3.14 bits per heavy atom. The Morgan fingerprint density at radius 2 is 2.36 bits per heavy atom. The van der Waals surface area contributed by atoms with Gasteiger partial charge in [-0.15, -0.1) is 11.8 Å². The Kier molecular flexibility index (Phi) is 2.74. The van der Waals surface area contributed by atoms with Crippen LogP contribution in [0.25, 0.3) is 0 Å². The number of amides is 1. The number of benzene rings is 1. The van der Waals surface area contributed by atoms with Gasteiger partial charge in [-0.1, -0.05) is 0 Å². The number of nitrogens with one attached hydrogen (secondary N) is 1. The zero-order valence-electron chi connectivity index (χ0n) is 7.75. The lowest BCUT2D eigenvalue weighted by Crippen LogP contribution is -2.30. The number of nitrogens with two attached hydrogens (primary N) is 1. The van der Waals surface area contributed by atoms with Gasteiger partial charge in [0.2, 0.25) is 0 Å². The van der Waals surface area contributed by atoms with Gasteiger partial charge in [0.05, 0.1) is 0 Å². The lowest BCUT2D eigenvalue weighted by atomic mass is 10.1. The molecule has 0 aliphatic carbocycles. The maximum atomic E-state index is 11.3. The van der Waals surface area contributed by atoms with Crippen molar-refractivity contribution < 1.29 is 4.79 Å². The van der Waals surface area contributed by atoms with Gasteiger partial charge in [-0.2, -0.15) is 0 Å². The second-order valence-corrected chi connectivity index (χ2v) is 4.38. The van der Waals surface area contributed by atoms with Crippen LogP contribution in [0.5, 0.6) is 0 Å². The van der Waals surface area contributed by atoms with Crippen LogP contribution in [0.1, 0.15) is 22.3 Å². The van der Waals surface area contributed by atoms with Crippen LogP contribution in [-0.2, 0) is 6.42 Å². The van der Waals surface area contributed by atoms with E-state index in [4.69, 9.17) is 5.84 Å². The molecule has 2 rings (SSSR count). The second-order valence-electron chi connectivity index (χ2n) is 3.25. The molecular formula is C10H12N2OS. The molecule has 0 bridgehead atoms. The smallest absolute Gasteiger partial charge is 0.265 e. The van der Waals surface area contributed by atoms with E-state index in [2.05, 4.69) is 5.43 Å². The Labute approximate surface area is 87.0 Å². The molecule has 14 heavy (non-hydrogen) atoms. The van der Waals surface area contributed by atoms with Crippen LogP contribution < -0.4 is 11.3 Å². The van der Waals surface area contributed by atoms with E-state index < -0.39 is 0 Å². The van der Waals surface area contributed by atoms with E-state index in [-0.39, 0.29) is 5.91 Å². The molecule has 0 aromatic heterocycles. The zero-order valence-corrected chi connectivity index (χ0v) is 8.56. The molecule has 3 nitrogen and oxygen atoms in total.